The van der Waals surface area contributed by atoms with Gasteiger partial charge < -0.3 is 5.73 Å². The van der Waals surface area contributed by atoms with Crippen LogP contribution in [0.15, 0.2) is 24.3 Å². The predicted octanol–water partition coefficient (Wildman–Crippen LogP) is 3.02. The summed E-state index contributed by atoms with van der Waals surface area (Å²) >= 11 is 2.34. The minimum Gasteiger partial charge on any atom is -0.321 e. The van der Waals surface area contributed by atoms with Gasteiger partial charge >= 0.3 is 0 Å². The fraction of sp³-hybridized carbons (Fsp3) is 0.455. The summed E-state index contributed by atoms with van der Waals surface area (Å²) in [6, 6.07) is 8.59. The van der Waals surface area contributed by atoms with Gasteiger partial charge in [-0.15, -0.1) is 0 Å². The molecular formula is C11H14IN. The number of nitrogens with two attached hydrogens (primary N) is 1. The Labute approximate surface area is 92.9 Å². The highest BCUT2D eigenvalue weighted by molar-refractivity contribution is 14.1. The molecule has 0 saturated heterocycles. The van der Waals surface area contributed by atoms with Crippen LogP contribution in [0.5, 0.6) is 0 Å². The molecule has 2 rings (SSSR count). The van der Waals surface area contributed by atoms with E-state index in [0.29, 0.717) is 0 Å². The van der Waals surface area contributed by atoms with E-state index in [2.05, 4.69) is 46.9 Å². The summed E-state index contributed by atoms with van der Waals surface area (Å²) in [7, 11) is 0. The molecule has 13 heavy (non-hydrogen) atoms. The molecule has 1 aliphatic carbocycles. The number of halogens is 1. The topological polar surface area (TPSA) is 26.0 Å². The molecule has 70 valence electrons. The Kier molecular flexibility index (Phi) is 2.60. The second-order valence-corrected chi connectivity index (χ2v) is 5.12. The second-order valence-electron chi connectivity index (χ2n) is 3.87. The molecule has 0 unspecified atom stereocenters. The highest BCUT2D eigenvalue weighted by atomic mass is 127. The van der Waals surface area contributed by atoms with Crippen LogP contribution < -0.4 is 5.73 Å². The Morgan fingerprint density at radius 3 is 2.54 bits per heavy atom. The van der Waals surface area contributed by atoms with Gasteiger partial charge in [0.25, 0.3) is 0 Å². The molecule has 2 heteroatoms. The van der Waals surface area contributed by atoms with Crippen LogP contribution in [0.4, 0.5) is 0 Å². The standard InChI is InChI=1S/C11H14IN/c12-10-5-3-4-9(8-10)11(13)6-1-2-7-11/h3-5,8H,1-2,6-7,13H2. The summed E-state index contributed by atoms with van der Waals surface area (Å²) in [4.78, 5) is 0. The molecule has 0 radical (unpaired) electrons. The Morgan fingerprint density at radius 1 is 1.23 bits per heavy atom. The van der Waals surface area contributed by atoms with Gasteiger partial charge in [-0.3, -0.25) is 0 Å². The van der Waals surface area contributed by atoms with Crippen molar-refractivity contribution in [1.29, 1.82) is 0 Å². The van der Waals surface area contributed by atoms with Crippen LogP contribution in [0.3, 0.4) is 0 Å². The van der Waals surface area contributed by atoms with E-state index in [4.69, 9.17) is 5.73 Å². The zero-order valence-electron chi connectivity index (χ0n) is 7.59. The first-order valence-corrected chi connectivity index (χ1v) is 5.83. The van der Waals surface area contributed by atoms with Crippen LogP contribution in [0, 0.1) is 3.57 Å². The summed E-state index contributed by atoms with van der Waals surface area (Å²) < 4.78 is 1.28. The molecule has 1 saturated carbocycles. The van der Waals surface area contributed by atoms with Crippen LogP contribution >= 0.6 is 22.6 Å². The Bertz CT molecular complexity index is 303. The van der Waals surface area contributed by atoms with E-state index in [-0.39, 0.29) is 5.54 Å². The fourth-order valence-corrected chi connectivity index (χ4v) is 2.64. The molecule has 0 heterocycles. The molecule has 2 N–H and O–H groups in total. The fourth-order valence-electron chi connectivity index (χ4n) is 2.09. The first-order valence-electron chi connectivity index (χ1n) is 4.76. The number of benzene rings is 1. The smallest absolute Gasteiger partial charge is 0.0410 e. The molecule has 1 aromatic rings. The Morgan fingerprint density at radius 2 is 1.92 bits per heavy atom. The lowest BCUT2D eigenvalue weighted by molar-refractivity contribution is 0.461. The van der Waals surface area contributed by atoms with Gasteiger partial charge in [0.15, 0.2) is 0 Å². The van der Waals surface area contributed by atoms with Crippen molar-refractivity contribution in [3.05, 3.63) is 33.4 Å². The van der Waals surface area contributed by atoms with Gasteiger partial charge in [0, 0.05) is 9.11 Å². The molecule has 0 bridgehead atoms. The Balaban J connectivity index is 2.33. The number of hydrogen-bond donors (Lipinski definition) is 1. The lowest BCUT2D eigenvalue weighted by atomic mass is 9.90. The molecular weight excluding hydrogens is 273 g/mol. The first kappa shape index (κ1) is 9.46. The third kappa shape index (κ3) is 1.89. The van der Waals surface area contributed by atoms with Crippen molar-refractivity contribution in [2.24, 2.45) is 5.73 Å². The van der Waals surface area contributed by atoms with Crippen LogP contribution in [-0.2, 0) is 5.54 Å². The highest BCUT2D eigenvalue weighted by Gasteiger charge is 2.30. The van der Waals surface area contributed by atoms with E-state index in [9.17, 15) is 0 Å². The monoisotopic (exact) mass is 287 g/mol. The maximum Gasteiger partial charge on any atom is 0.0410 e. The van der Waals surface area contributed by atoms with Gasteiger partial charge in [0.05, 0.1) is 0 Å². The summed E-state index contributed by atoms with van der Waals surface area (Å²) in [6.45, 7) is 0. The van der Waals surface area contributed by atoms with Crippen LogP contribution in [0.25, 0.3) is 0 Å². The summed E-state index contributed by atoms with van der Waals surface area (Å²) in [5.74, 6) is 0. The van der Waals surface area contributed by atoms with Crippen molar-refractivity contribution in [3.63, 3.8) is 0 Å². The Hall–Kier alpha value is -0.0900. The SMILES string of the molecule is NC1(c2cccc(I)c2)CCCC1. The molecule has 1 aromatic carbocycles. The van der Waals surface area contributed by atoms with Crippen molar-refractivity contribution in [3.8, 4) is 0 Å². The van der Waals surface area contributed by atoms with Gasteiger partial charge in [0.1, 0.15) is 0 Å². The van der Waals surface area contributed by atoms with Crippen molar-refractivity contribution in [1.82, 2.24) is 0 Å². The van der Waals surface area contributed by atoms with Gasteiger partial charge in [-0.05, 0) is 53.1 Å². The first-order chi connectivity index (χ1) is 6.21. The van der Waals surface area contributed by atoms with Gasteiger partial charge in [-0.2, -0.15) is 0 Å². The molecule has 0 spiro atoms. The molecule has 1 fully saturated rings. The van der Waals surface area contributed by atoms with E-state index in [1.165, 1.54) is 22.0 Å². The molecule has 0 aliphatic heterocycles. The van der Waals surface area contributed by atoms with E-state index in [1.807, 2.05) is 0 Å². The molecule has 1 nitrogen and oxygen atoms in total. The normalized spacial score (nSPS) is 20.5. The summed E-state index contributed by atoms with van der Waals surface area (Å²) in [6.07, 6.45) is 4.85. The lowest BCUT2D eigenvalue weighted by Crippen LogP contribution is -2.33. The number of hydrogen-bond acceptors (Lipinski definition) is 1. The maximum absolute atomic E-state index is 6.35. The molecule has 0 atom stereocenters. The third-order valence-electron chi connectivity index (χ3n) is 2.90. The third-order valence-corrected chi connectivity index (χ3v) is 3.57. The van der Waals surface area contributed by atoms with Crippen LogP contribution in [-0.4, -0.2) is 0 Å². The van der Waals surface area contributed by atoms with Crippen LogP contribution in [0.1, 0.15) is 31.2 Å². The number of rotatable bonds is 1. The zero-order valence-corrected chi connectivity index (χ0v) is 9.75. The quantitative estimate of drug-likeness (QED) is 0.789. The van der Waals surface area contributed by atoms with Gasteiger partial charge in [-0.1, -0.05) is 25.0 Å². The highest BCUT2D eigenvalue weighted by Crippen LogP contribution is 2.36. The average Bonchev–Trinajstić information content (AvgIpc) is 2.54. The van der Waals surface area contributed by atoms with Crippen molar-refractivity contribution in [2.75, 3.05) is 0 Å². The van der Waals surface area contributed by atoms with Crippen molar-refractivity contribution in [2.45, 2.75) is 31.2 Å². The van der Waals surface area contributed by atoms with Gasteiger partial charge in [-0.25, -0.2) is 0 Å². The van der Waals surface area contributed by atoms with E-state index in [1.54, 1.807) is 0 Å². The minimum atomic E-state index is -0.0266. The molecule has 1 aliphatic rings. The summed E-state index contributed by atoms with van der Waals surface area (Å²) in [5.41, 5.74) is 7.64. The van der Waals surface area contributed by atoms with Crippen LogP contribution in [0.2, 0.25) is 0 Å². The van der Waals surface area contributed by atoms with E-state index in [0.717, 1.165) is 12.8 Å². The average molecular weight is 287 g/mol. The minimum absolute atomic E-state index is 0.0266. The van der Waals surface area contributed by atoms with Gasteiger partial charge in [0.2, 0.25) is 0 Å². The zero-order chi connectivity index (χ0) is 9.31. The van der Waals surface area contributed by atoms with Crippen molar-refractivity contribution >= 4 is 22.6 Å². The largest absolute Gasteiger partial charge is 0.321 e. The second kappa shape index (κ2) is 3.58. The molecule has 0 amide bonds. The lowest BCUT2D eigenvalue weighted by Gasteiger charge is -2.24. The van der Waals surface area contributed by atoms with E-state index >= 15 is 0 Å². The predicted molar refractivity (Wildman–Crippen MR) is 63.5 cm³/mol. The molecule has 0 aromatic heterocycles. The summed E-state index contributed by atoms with van der Waals surface area (Å²) in [5, 5.41) is 0. The van der Waals surface area contributed by atoms with E-state index < -0.39 is 0 Å². The van der Waals surface area contributed by atoms with Crippen molar-refractivity contribution < 1.29 is 0 Å². The maximum atomic E-state index is 6.35.